The minimum absolute atomic E-state index is 0.169. The predicted molar refractivity (Wildman–Crippen MR) is 96.0 cm³/mol. The summed E-state index contributed by atoms with van der Waals surface area (Å²) in [7, 11) is 0. The average molecular weight is 354 g/mol. The summed E-state index contributed by atoms with van der Waals surface area (Å²) in [6.07, 6.45) is 6.17. The van der Waals surface area contributed by atoms with Gasteiger partial charge in [0.15, 0.2) is 5.75 Å². The van der Waals surface area contributed by atoms with Gasteiger partial charge in [0.25, 0.3) is 0 Å². The molecular weight excluding hydrogens is 332 g/mol. The molecule has 1 aliphatic carbocycles. The van der Waals surface area contributed by atoms with Crippen LogP contribution in [0.25, 0.3) is 0 Å². The minimum Gasteiger partial charge on any atom is -0.449 e. The smallest absolute Gasteiger partial charge is 0.449 e. The van der Waals surface area contributed by atoms with Crippen LogP contribution >= 0.6 is 0 Å². The third kappa shape index (κ3) is 3.80. The number of pyridine rings is 1. The zero-order valence-electron chi connectivity index (χ0n) is 14.6. The highest BCUT2D eigenvalue weighted by molar-refractivity contribution is 5.60. The number of fused-ring (bicyclic) bond motifs is 1. The number of carbonyl (C=O) groups is 1. The van der Waals surface area contributed by atoms with Gasteiger partial charge in [-0.15, -0.1) is 0 Å². The zero-order valence-corrected chi connectivity index (χ0v) is 14.6. The quantitative estimate of drug-likeness (QED) is 0.840. The van der Waals surface area contributed by atoms with E-state index in [2.05, 4.69) is 26.8 Å². The number of hydrogen-bond donors (Lipinski definition) is 1. The van der Waals surface area contributed by atoms with Gasteiger partial charge in [0, 0.05) is 25.2 Å². The molecule has 1 aliphatic heterocycles. The highest BCUT2D eigenvalue weighted by Gasteiger charge is 2.26. The van der Waals surface area contributed by atoms with Gasteiger partial charge in [0.05, 0.1) is 6.20 Å². The maximum absolute atomic E-state index is 10.5. The van der Waals surface area contributed by atoms with E-state index in [1.165, 1.54) is 42.7 Å². The van der Waals surface area contributed by atoms with Gasteiger partial charge in [-0.3, -0.25) is 4.90 Å². The largest absolute Gasteiger partial charge is 0.511 e. The molecule has 0 unspecified atom stereocenters. The Morgan fingerprint density at radius 1 is 1.08 bits per heavy atom. The number of nitrogens with zero attached hydrogens (tertiary/aromatic N) is 2. The van der Waals surface area contributed by atoms with Gasteiger partial charge in [0.1, 0.15) is 5.75 Å². The number of carboxylic acid groups (broad SMARTS) is 1. The van der Waals surface area contributed by atoms with Gasteiger partial charge < -0.3 is 14.6 Å². The summed E-state index contributed by atoms with van der Waals surface area (Å²) in [5, 5.41) is 8.59. The first-order chi connectivity index (χ1) is 12.7. The van der Waals surface area contributed by atoms with Gasteiger partial charge in [-0.25, -0.2) is 9.78 Å². The molecule has 2 heterocycles. The third-order valence-electron chi connectivity index (χ3n) is 5.24. The molecule has 6 heteroatoms. The zero-order chi connectivity index (χ0) is 17.9. The Kier molecular flexibility index (Phi) is 4.75. The number of hydrogen-bond acceptors (Lipinski definition) is 5. The Hall–Kier alpha value is -2.60. The lowest BCUT2D eigenvalue weighted by Gasteiger charge is -2.36. The van der Waals surface area contributed by atoms with Crippen LogP contribution in [-0.4, -0.2) is 40.3 Å². The minimum atomic E-state index is -1.36. The number of aromatic nitrogens is 1. The topological polar surface area (TPSA) is 71.9 Å². The molecule has 0 atom stereocenters. The van der Waals surface area contributed by atoms with Gasteiger partial charge in [-0.1, -0.05) is 12.5 Å². The van der Waals surface area contributed by atoms with E-state index >= 15 is 0 Å². The van der Waals surface area contributed by atoms with Gasteiger partial charge in [-0.05, 0) is 55.0 Å². The summed E-state index contributed by atoms with van der Waals surface area (Å²) in [5.41, 5.74) is 2.74. The van der Waals surface area contributed by atoms with Crippen LogP contribution < -0.4 is 9.47 Å². The summed E-state index contributed by atoms with van der Waals surface area (Å²) in [4.78, 5) is 17.2. The van der Waals surface area contributed by atoms with Crippen LogP contribution in [0.2, 0.25) is 0 Å². The molecule has 1 saturated carbocycles. The molecule has 0 bridgehead atoms. The van der Waals surface area contributed by atoms with Crippen molar-refractivity contribution in [3.05, 3.63) is 47.7 Å². The second kappa shape index (κ2) is 7.33. The highest BCUT2D eigenvalue weighted by atomic mass is 16.7. The highest BCUT2D eigenvalue weighted by Crippen LogP contribution is 2.29. The fourth-order valence-corrected chi connectivity index (χ4v) is 3.61. The molecule has 4 rings (SSSR count). The van der Waals surface area contributed by atoms with Crippen molar-refractivity contribution in [1.82, 2.24) is 9.88 Å². The first-order valence-corrected chi connectivity index (χ1v) is 9.08. The lowest BCUT2D eigenvalue weighted by Crippen LogP contribution is -2.41. The summed E-state index contributed by atoms with van der Waals surface area (Å²) in [5.74, 6) is 1.33. The van der Waals surface area contributed by atoms with Crippen LogP contribution in [0.3, 0.4) is 0 Å². The van der Waals surface area contributed by atoms with Crippen LogP contribution in [0, 0.1) is 0 Å². The molecule has 26 heavy (non-hydrogen) atoms. The van der Waals surface area contributed by atoms with Crippen LogP contribution in [0.15, 0.2) is 36.5 Å². The van der Waals surface area contributed by atoms with E-state index in [0.717, 1.165) is 37.7 Å². The van der Waals surface area contributed by atoms with Gasteiger partial charge in [-0.2, -0.15) is 0 Å². The van der Waals surface area contributed by atoms with E-state index in [1.54, 1.807) is 6.07 Å². The van der Waals surface area contributed by atoms with Crippen molar-refractivity contribution in [2.24, 2.45) is 0 Å². The van der Waals surface area contributed by atoms with E-state index in [1.807, 2.05) is 6.07 Å². The van der Waals surface area contributed by atoms with Crippen molar-refractivity contribution < 1.29 is 19.4 Å². The average Bonchev–Trinajstić information content (AvgIpc) is 2.77. The fourth-order valence-electron chi connectivity index (χ4n) is 3.61. The maximum Gasteiger partial charge on any atom is 0.511 e. The normalized spacial score (nSPS) is 17.7. The summed E-state index contributed by atoms with van der Waals surface area (Å²) >= 11 is 0. The van der Waals surface area contributed by atoms with Crippen molar-refractivity contribution in [2.75, 3.05) is 13.1 Å². The summed E-state index contributed by atoms with van der Waals surface area (Å²) in [6, 6.07) is 10.1. The SMILES string of the molecule is O=C(O)Oc1ccc(Oc2ccc3c(c2)CCN(C2CCC2)CC3)nc1. The first-order valence-electron chi connectivity index (χ1n) is 9.08. The molecule has 0 spiro atoms. The number of ether oxygens (including phenoxy) is 2. The van der Waals surface area contributed by atoms with Crippen LogP contribution in [0.5, 0.6) is 17.4 Å². The van der Waals surface area contributed by atoms with E-state index in [4.69, 9.17) is 9.84 Å². The van der Waals surface area contributed by atoms with Crippen molar-refractivity contribution in [2.45, 2.75) is 38.1 Å². The van der Waals surface area contributed by atoms with E-state index in [-0.39, 0.29) is 5.75 Å². The van der Waals surface area contributed by atoms with Crippen molar-refractivity contribution >= 4 is 6.16 Å². The van der Waals surface area contributed by atoms with Crippen LogP contribution in [0.1, 0.15) is 30.4 Å². The Labute approximate surface area is 152 Å². The fraction of sp³-hybridized carbons (Fsp3) is 0.400. The summed E-state index contributed by atoms with van der Waals surface area (Å²) in [6.45, 7) is 2.26. The molecule has 0 saturated heterocycles. The molecule has 2 aromatic rings. The Morgan fingerprint density at radius 2 is 1.85 bits per heavy atom. The standard InChI is InChI=1S/C20H22N2O4/c23-20(24)26-18-6-7-19(21-13-18)25-17-5-4-14-8-10-22(16-2-1-3-16)11-9-15(14)12-17/h4-7,12-13,16H,1-3,8-11H2,(H,23,24). The molecule has 1 N–H and O–H groups in total. The second-order valence-electron chi connectivity index (χ2n) is 6.85. The number of benzene rings is 1. The lowest BCUT2D eigenvalue weighted by atomic mass is 9.91. The molecule has 0 radical (unpaired) electrons. The maximum atomic E-state index is 10.5. The Morgan fingerprint density at radius 3 is 2.50 bits per heavy atom. The lowest BCUT2D eigenvalue weighted by molar-refractivity contribution is 0.133. The predicted octanol–water partition coefficient (Wildman–Crippen LogP) is 3.88. The van der Waals surface area contributed by atoms with Crippen molar-refractivity contribution in [3.63, 3.8) is 0 Å². The van der Waals surface area contributed by atoms with Crippen LogP contribution in [-0.2, 0) is 12.8 Å². The molecule has 136 valence electrons. The third-order valence-corrected chi connectivity index (χ3v) is 5.24. The van der Waals surface area contributed by atoms with Gasteiger partial charge >= 0.3 is 6.16 Å². The molecule has 1 fully saturated rings. The van der Waals surface area contributed by atoms with Crippen molar-refractivity contribution in [1.29, 1.82) is 0 Å². The molecular formula is C20H22N2O4. The monoisotopic (exact) mass is 354 g/mol. The van der Waals surface area contributed by atoms with E-state index in [9.17, 15) is 4.79 Å². The Bertz CT molecular complexity index is 787. The number of rotatable bonds is 4. The molecule has 1 aromatic heterocycles. The van der Waals surface area contributed by atoms with E-state index in [0.29, 0.717) is 5.88 Å². The molecule has 1 aromatic carbocycles. The van der Waals surface area contributed by atoms with Crippen molar-refractivity contribution in [3.8, 4) is 17.4 Å². The second-order valence-corrected chi connectivity index (χ2v) is 6.85. The molecule has 6 nitrogen and oxygen atoms in total. The molecule has 0 amide bonds. The summed E-state index contributed by atoms with van der Waals surface area (Å²) < 4.78 is 10.4. The first kappa shape index (κ1) is 16.8. The van der Waals surface area contributed by atoms with E-state index < -0.39 is 6.16 Å². The molecule has 2 aliphatic rings. The Balaban J connectivity index is 1.42. The van der Waals surface area contributed by atoms with Gasteiger partial charge in [0.2, 0.25) is 5.88 Å². The van der Waals surface area contributed by atoms with Crippen LogP contribution in [0.4, 0.5) is 4.79 Å².